The summed E-state index contributed by atoms with van der Waals surface area (Å²) in [5, 5.41) is 0. The average Bonchev–Trinajstić information content (AvgIpc) is 3.42. The molecule has 1 aliphatic heterocycles. The molecular weight excluding hydrogens is 513 g/mol. The number of aromatic nitrogens is 2. The number of piperazine rings is 1. The second-order valence-corrected chi connectivity index (χ2v) is 8.84. The van der Waals surface area contributed by atoms with Gasteiger partial charge in [0.1, 0.15) is 11.6 Å². The summed E-state index contributed by atoms with van der Waals surface area (Å²) in [6.07, 6.45) is -4.17. The van der Waals surface area contributed by atoms with Gasteiger partial charge in [0, 0.05) is 44.4 Å². The lowest BCUT2D eigenvalue weighted by molar-refractivity contribution is -0.153. The zero-order valence-corrected chi connectivity index (χ0v) is 20.6. The van der Waals surface area contributed by atoms with Gasteiger partial charge in [-0.1, -0.05) is 42.5 Å². The Hall–Kier alpha value is -4.67. The van der Waals surface area contributed by atoms with E-state index in [1.165, 1.54) is 6.20 Å². The molecule has 5 rings (SSSR count). The Morgan fingerprint density at radius 3 is 2.18 bits per heavy atom. The van der Waals surface area contributed by atoms with Crippen molar-refractivity contribution in [1.82, 2.24) is 14.9 Å². The first-order valence-corrected chi connectivity index (χ1v) is 12.2. The minimum absolute atomic E-state index is 0.272. The Bertz CT molecular complexity index is 1430. The monoisotopic (exact) mass is 536 g/mol. The maximum atomic E-state index is 13.6. The van der Waals surface area contributed by atoms with Crippen LogP contribution < -0.4 is 9.64 Å². The third-order valence-electron chi connectivity index (χ3n) is 6.15. The number of anilines is 1. The summed E-state index contributed by atoms with van der Waals surface area (Å²) in [4.78, 5) is 37.1. The number of para-hydroxylation sites is 1. The third kappa shape index (κ3) is 6.08. The van der Waals surface area contributed by atoms with Gasteiger partial charge in [0.15, 0.2) is 11.5 Å². The van der Waals surface area contributed by atoms with Crippen molar-refractivity contribution in [1.29, 1.82) is 0 Å². The van der Waals surface area contributed by atoms with E-state index in [-0.39, 0.29) is 12.3 Å². The first kappa shape index (κ1) is 26.0. The lowest BCUT2D eigenvalue weighted by Crippen LogP contribution is -2.49. The van der Waals surface area contributed by atoms with E-state index in [0.29, 0.717) is 48.9 Å². The van der Waals surface area contributed by atoms with Crippen molar-refractivity contribution < 1.29 is 31.9 Å². The summed E-state index contributed by atoms with van der Waals surface area (Å²) in [6, 6.07) is 20.2. The quantitative estimate of drug-likeness (QED) is 0.301. The Labute approximate surface area is 221 Å². The van der Waals surface area contributed by atoms with Crippen molar-refractivity contribution in [3.63, 3.8) is 0 Å². The van der Waals surface area contributed by atoms with Gasteiger partial charge in [0.05, 0.1) is 0 Å². The van der Waals surface area contributed by atoms with Crippen LogP contribution in [0, 0.1) is 0 Å². The van der Waals surface area contributed by atoms with Gasteiger partial charge in [-0.05, 0) is 35.9 Å². The third-order valence-corrected chi connectivity index (χ3v) is 6.15. The standard InChI is InChI=1S/C28H23F3N4O4/c29-28(30,31)25-24(33-26(39-25)20-7-3-1-4-8-20)22(36)17-19-11-12-23(32-18-19)34-13-15-35(16-14-34)27(37)38-21-9-5-2-6-10-21/h1-12,18H,13-17H2. The number of benzene rings is 2. The zero-order chi connectivity index (χ0) is 27.4. The SMILES string of the molecule is O=C(Cc1ccc(N2CCN(C(=O)Oc3ccccc3)CC2)nc1)c1nc(-c2ccccc2)oc1C(F)(F)F. The van der Waals surface area contributed by atoms with Crippen LogP contribution in [0.15, 0.2) is 83.4 Å². The zero-order valence-electron chi connectivity index (χ0n) is 20.6. The summed E-state index contributed by atoms with van der Waals surface area (Å²) in [7, 11) is 0. The highest BCUT2D eigenvalue weighted by atomic mass is 19.4. The lowest BCUT2D eigenvalue weighted by atomic mass is 10.1. The normalized spacial score (nSPS) is 13.8. The molecule has 4 aromatic rings. The van der Waals surface area contributed by atoms with Crippen LogP contribution in [0.1, 0.15) is 21.8 Å². The molecule has 0 aliphatic carbocycles. The summed E-state index contributed by atoms with van der Waals surface area (Å²) < 4.78 is 51.1. The van der Waals surface area contributed by atoms with Crippen LogP contribution in [0.5, 0.6) is 5.75 Å². The number of amides is 1. The fraction of sp³-hybridized carbons (Fsp3) is 0.214. The molecule has 200 valence electrons. The van der Waals surface area contributed by atoms with Crippen molar-refractivity contribution >= 4 is 17.7 Å². The van der Waals surface area contributed by atoms with Crippen molar-refractivity contribution in [2.45, 2.75) is 12.6 Å². The number of alkyl halides is 3. The highest BCUT2D eigenvalue weighted by molar-refractivity contribution is 5.97. The summed E-state index contributed by atoms with van der Waals surface area (Å²) in [6.45, 7) is 1.91. The molecule has 8 nitrogen and oxygen atoms in total. The van der Waals surface area contributed by atoms with Gasteiger partial charge in [0.25, 0.3) is 0 Å². The van der Waals surface area contributed by atoms with E-state index in [1.54, 1.807) is 71.6 Å². The molecule has 2 aromatic carbocycles. The maximum absolute atomic E-state index is 13.6. The van der Waals surface area contributed by atoms with Crippen LogP contribution in [-0.2, 0) is 12.6 Å². The number of carbonyl (C=O) groups is 2. The molecule has 0 unspecified atom stereocenters. The van der Waals surface area contributed by atoms with E-state index < -0.39 is 29.5 Å². The molecule has 39 heavy (non-hydrogen) atoms. The van der Waals surface area contributed by atoms with Crippen LogP contribution in [0.4, 0.5) is 23.8 Å². The number of hydrogen-bond donors (Lipinski definition) is 0. The van der Waals surface area contributed by atoms with Crippen molar-refractivity contribution in [2.75, 3.05) is 31.1 Å². The summed E-state index contributed by atoms with van der Waals surface area (Å²) >= 11 is 0. The van der Waals surface area contributed by atoms with Gasteiger partial charge >= 0.3 is 12.3 Å². The molecule has 1 saturated heterocycles. The molecule has 1 amide bonds. The first-order valence-electron chi connectivity index (χ1n) is 12.2. The predicted molar refractivity (Wildman–Crippen MR) is 135 cm³/mol. The molecule has 3 heterocycles. The molecule has 0 saturated carbocycles. The Morgan fingerprint density at radius 2 is 1.56 bits per heavy atom. The fourth-order valence-electron chi connectivity index (χ4n) is 4.15. The molecular formula is C28H23F3N4O4. The second-order valence-electron chi connectivity index (χ2n) is 8.84. The Kier molecular flexibility index (Phi) is 7.31. The summed E-state index contributed by atoms with van der Waals surface area (Å²) in [5.74, 6) is -1.41. The van der Waals surface area contributed by atoms with E-state index in [0.717, 1.165) is 0 Å². The van der Waals surface area contributed by atoms with Crippen LogP contribution in [0.25, 0.3) is 11.5 Å². The van der Waals surface area contributed by atoms with Gasteiger partial charge in [-0.3, -0.25) is 4.79 Å². The number of carbonyl (C=O) groups excluding carboxylic acids is 2. The van der Waals surface area contributed by atoms with Crippen molar-refractivity contribution in [3.05, 3.63) is 96.0 Å². The number of hydrogen-bond acceptors (Lipinski definition) is 7. The highest BCUT2D eigenvalue weighted by Crippen LogP contribution is 2.35. The number of ketones is 1. The van der Waals surface area contributed by atoms with Crippen LogP contribution in [0.2, 0.25) is 0 Å². The fourth-order valence-corrected chi connectivity index (χ4v) is 4.15. The highest BCUT2D eigenvalue weighted by Gasteiger charge is 2.41. The number of halogens is 3. The molecule has 0 N–H and O–H groups in total. The molecule has 0 atom stereocenters. The molecule has 2 aromatic heterocycles. The van der Waals surface area contributed by atoms with Crippen LogP contribution in [-0.4, -0.2) is 52.9 Å². The number of pyridine rings is 1. The van der Waals surface area contributed by atoms with Gasteiger partial charge in [-0.15, -0.1) is 0 Å². The van der Waals surface area contributed by atoms with Gasteiger partial charge in [0.2, 0.25) is 11.7 Å². The first-order chi connectivity index (χ1) is 18.8. The topological polar surface area (TPSA) is 88.8 Å². The minimum atomic E-state index is -4.87. The second kappa shape index (κ2) is 11.0. The Morgan fingerprint density at radius 1 is 0.897 bits per heavy atom. The molecule has 0 spiro atoms. The van der Waals surface area contributed by atoms with E-state index in [4.69, 9.17) is 9.15 Å². The number of ether oxygens (including phenoxy) is 1. The van der Waals surface area contributed by atoms with Crippen LogP contribution >= 0.6 is 0 Å². The lowest BCUT2D eigenvalue weighted by Gasteiger charge is -2.34. The number of rotatable bonds is 6. The van der Waals surface area contributed by atoms with Crippen molar-refractivity contribution in [3.8, 4) is 17.2 Å². The number of Topliss-reactive ketones (excluding diaryl/α,β-unsaturated/α-hetero) is 1. The number of oxazole rings is 1. The van der Waals surface area contributed by atoms with E-state index in [9.17, 15) is 22.8 Å². The van der Waals surface area contributed by atoms with Gasteiger partial charge < -0.3 is 19.0 Å². The van der Waals surface area contributed by atoms with E-state index >= 15 is 0 Å². The number of nitrogens with zero attached hydrogens (tertiary/aromatic N) is 4. The smallest absolute Gasteiger partial charge is 0.431 e. The maximum Gasteiger partial charge on any atom is 0.452 e. The van der Waals surface area contributed by atoms with E-state index in [1.807, 2.05) is 11.0 Å². The molecule has 0 radical (unpaired) electrons. The van der Waals surface area contributed by atoms with Crippen LogP contribution in [0.3, 0.4) is 0 Å². The van der Waals surface area contributed by atoms with Gasteiger partial charge in [-0.25, -0.2) is 14.8 Å². The molecule has 1 fully saturated rings. The average molecular weight is 537 g/mol. The molecule has 0 bridgehead atoms. The van der Waals surface area contributed by atoms with E-state index in [2.05, 4.69) is 9.97 Å². The molecule has 11 heteroatoms. The molecule has 1 aliphatic rings. The van der Waals surface area contributed by atoms with Gasteiger partial charge in [-0.2, -0.15) is 13.2 Å². The summed E-state index contributed by atoms with van der Waals surface area (Å²) in [5.41, 5.74) is 0.0108. The minimum Gasteiger partial charge on any atom is -0.431 e. The van der Waals surface area contributed by atoms with Crippen molar-refractivity contribution in [2.24, 2.45) is 0 Å². The largest absolute Gasteiger partial charge is 0.452 e. The Balaban J connectivity index is 1.21. The predicted octanol–water partition coefficient (Wildman–Crippen LogP) is 5.50.